The summed E-state index contributed by atoms with van der Waals surface area (Å²) in [6.45, 7) is 12.9. The molecule has 3 aliphatic heterocycles. The molecular formula is C32H39NO5. The number of ether oxygens (including phenoxy) is 4. The zero-order chi connectivity index (χ0) is 26.5. The summed E-state index contributed by atoms with van der Waals surface area (Å²) in [5.74, 6) is 1.25. The van der Waals surface area contributed by atoms with Crippen LogP contribution in [0.4, 0.5) is 0 Å². The summed E-state index contributed by atoms with van der Waals surface area (Å²) in [4.78, 5) is 3.82. The minimum Gasteiger partial charge on any atom is -0.486 e. The lowest BCUT2D eigenvalue weighted by Gasteiger charge is -2.64. The fraction of sp³-hybridized carbons (Fsp3) is 0.625. The first-order chi connectivity index (χ1) is 18.0. The molecule has 1 spiro atoms. The molecule has 1 saturated carbocycles. The van der Waals surface area contributed by atoms with Gasteiger partial charge in [-0.25, -0.2) is 0 Å². The maximum absolute atomic E-state index is 13.0. The van der Waals surface area contributed by atoms with Crippen LogP contribution in [0.25, 0.3) is 10.9 Å². The molecule has 1 aromatic heterocycles. The highest BCUT2D eigenvalue weighted by molar-refractivity contribution is 5.86. The number of aromatic amines is 1. The molecule has 0 amide bonds. The van der Waals surface area contributed by atoms with E-state index in [1.165, 1.54) is 22.2 Å². The summed E-state index contributed by atoms with van der Waals surface area (Å²) in [6, 6.07) is 8.63. The van der Waals surface area contributed by atoms with Crippen LogP contribution in [0, 0.1) is 11.3 Å². The average molecular weight is 518 g/mol. The first-order valence-electron chi connectivity index (χ1n) is 14.3. The van der Waals surface area contributed by atoms with Crippen LogP contribution in [-0.2, 0) is 30.8 Å². The molecule has 8 rings (SSSR count). The summed E-state index contributed by atoms with van der Waals surface area (Å²) in [7, 11) is 0. The van der Waals surface area contributed by atoms with Gasteiger partial charge >= 0.3 is 0 Å². The molecule has 6 heteroatoms. The second kappa shape index (κ2) is 6.95. The van der Waals surface area contributed by atoms with E-state index in [0.717, 1.165) is 30.6 Å². The summed E-state index contributed by atoms with van der Waals surface area (Å²) < 4.78 is 26.3. The van der Waals surface area contributed by atoms with Gasteiger partial charge in [0.1, 0.15) is 29.2 Å². The van der Waals surface area contributed by atoms with E-state index >= 15 is 0 Å². The van der Waals surface area contributed by atoms with Gasteiger partial charge in [-0.2, -0.15) is 0 Å². The van der Waals surface area contributed by atoms with Gasteiger partial charge in [-0.15, -0.1) is 0 Å². The fourth-order valence-corrected chi connectivity index (χ4v) is 9.41. The number of aromatic nitrogens is 1. The lowest BCUT2D eigenvalue weighted by Crippen LogP contribution is -2.73. The molecule has 2 aromatic rings. The van der Waals surface area contributed by atoms with Gasteiger partial charge in [0.15, 0.2) is 18.0 Å². The second-order valence-corrected chi connectivity index (χ2v) is 13.9. The highest BCUT2D eigenvalue weighted by atomic mass is 16.8. The maximum atomic E-state index is 13.0. The number of epoxide rings is 1. The van der Waals surface area contributed by atoms with Crippen LogP contribution in [0.2, 0.25) is 0 Å². The molecule has 1 aromatic carbocycles. The molecule has 3 saturated heterocycles. The van der Waals surface area contributed by atoms with Gasteiger partial charge in [0.2, 0.25) is 0 Å². The van der Waals surface area contributed by atoms with Crippen molar-refractivity contribution in [3.8, 4) is 0 Å². The van der Waals surface area contributed by atoms with Crippen molar-refractivity contribution < 1.29 is 24.1 Å². The normalized spacial score (nSPS) is 47.3. The Morgan fingerprint density at radius 1 is 1.08 bits per heavy atom. The Kier molecular flexibility index (Phi) is 4.34. The monoisotopic (exact) mass is 517 g/mol. The van der Waals surface area contributed by atoms with E-state index in [-0.39, 0.29) is 23.7 Å². The summed E-state index contributed by atoms with van der Waals surface area (Å²) in [5.41, 5.74) is 1.87. The van der Waals surface area contributed by atoms with E-state index in [2.05, 4.69) is 63.0 Å². The van der Waals surface area contributed by atoms with Gasteiger partial charge in [0, 0.05) is 27.4 Å². The number of rotatable bonds is 1. The van der Waals surface area contributed by atoms with Gasteiger partial charge in [-0.1, -0.05) is 37.6 Å². The van der Waals surface area contributed by atoms with Crippen LogP contribution in [0.1, 0.15) is 72.1 Å². The molecule has 6 nitrogen and oxygen atoms in total. The maximum Gasteiger partial charge on any atom is 0.183 e. The van der Waals surface area contributed by atoms with Gasteiger partial charge in [0.05, 0.1) is 0 Å². The van der Waals surface area contributed by atoms with Gasteiger partial charge in [-0.05, 0) is 83.1 Å². The van der Waals surface area contributed by atoms with Crippen LogP contribution in [-0.4, -0.2) is 51.5 Å². The average Bonchev–Trinajstić information content (AvgIpc) is 3.43. The fourth-order valence-electron chi connectivity index (χ4n) is 9.41. The molecule has 202 valence electrons. The highest BCUT2D eigenvalue weighted by Crippen LogP contribution is 2.75. The molecule has 0 radical (unpaired) electrons. The van der Waals surface area contributed by atoms with Crippen molar-refractivity contribution in [1.29, 1.82) is 0 Å². The third-order valence-electron chi connectivity index (χ3n) is 11.6. The van der Waals surface area contributed by atoms with Crippen molar-refractivity contribution in [3.05, 3.63) is 59.0 Å². The van der Waals surface area contributed by atoms with Crippen LogP contribution >= 0.6 is 0 Å². The predicted octanol–water partition coefficient (Wildman–Crippen LogP) is 5.44. The largest absolute Gasteiger partial charge is 0.486 e. The van der Waals surface area contributed by atoms with E-state index in [4.69, 9.17) is 18.9 Å². The summed E-state index contributed by atoms with van der Waals surface area (Å²) in [5, 5.41) is 14.4. The summed E-state index contributed by atoms with van der Waals surface area (Å²) >= 11 is 0. The minimum absolute atomic E-state index is 0.223. The number of allylic oxidation sites excluding steroid dienone is 2. The third-order valence-corrected chi connectivity index (χ3v) is 11.6. The van der Waals surface area contributed by atoms with Crippen molar-refractivity contribution in [2.45, 2.75) is 114 Å². The number of hydrogen-bond acceptors (Lipinski definition) is 5. The highest BCUT2D eigenvalue weighted by Gasteiger charge is 2.86. The molecule has 2 N–H and O–H groups in total. The Balaban J connectivity index is 1.25. The molecule has 4 heterocycles. The molecule has 38 heavy (non-hydrogen) atoms. The van der Waals surface area contributed by atoms with Crippen molar-refractivity contribution in [2.24, 2.45) is 11.3 Å². The van der Waals surface area contributed by atoms with Gasteiger partial charge in [0.25, 0.3) is 0 Å². The smallest absolute Gasteiger partial charge is 0.183 e. The van der Waals surface area contributed by atoms with Crippen molar-refractivity contribution >= 4 is 10.9 Å². The molecule has 9 atom stereocenters. The quantitative estimate of drug-likeness (QED) is 0.389. The second-order valence-electron chi connectivity index (χ2n) is 13.9. The lowest BCUT2D eigenvalue weighted by molar-refractivity contribution is -0.314. The number of para-hydroxylation sites is 1. The van der Waals surface area contributed by atoms with Crippen LogP contribution in [0.3, 0.4) is 0 Å². The van der Waals surface area contributed by atoms with Crippen LogP contribution in [0.15, 0.2) is 47.7 Å². The Morgan fingerprint density at radius 3 is 2.66 bits per heavy atom. The topological polar surface area (TPSA) is 76.2 Å². The Bertz CT molecular complexity index is 1430. The molecule has 6 aliphatic rings. The summed E-state index contributed by atoms with van der Waals surface area (Å²) in [6.07, 6.45) is 6.31. The predicted molar refractivity (Wildman–Crippen MR) is 144 cm³/mol. The number of hydrogen-bond donors (Lipinski definition) is 2. The van der Waals surface area contributed by atoms with E-state index in [9.17, 15) is 5.11 Å². The molecular weight excluding hydrogens is 478 g/mol. The standard InChI is InChI=1S/C32H39NO5/c1-17(2)15-23-36-24-26(28(3,4)37-23)35-22-12-13-29(5)30(6)18(11-14-31(29,34)32(22)27(24)38-32)16-20-19-9-7-8-10-21(19)33-25(20)30/h7-10,12,15,18,23-24,26-27,33-34H,11,13-14,16H2,1-6H3/t18-,23?,24?,26?,27?,29+,30+,31-,32?/m0/s1. The minimum atomic E-state index is -1.08. The van der Waals surface area contributed by atoms with Crippen molar-refractivity contribution in [1.82, 2.24) is 4.98 Å². The SMILES string of the molecule is CC(C)=CC1OC2C(OC3=CC[C@]4(C)[C@@]5(C)c6[nH]c7ccccc7c6C[C@@H]5CC[C@@]4(O)C34OC24)C(C)(C)O1. The third kappa shape index (κ3) is 2.47. The first kappa shape index (κ1) is 23.7. The van der Waals surface area contributed by atoms with E-state index in [1.54, 1.807) is 0 Å². The zero-order valence-electron chi connectivity index (χ0n) is 23.3. The van der Waals surface area contributed by atoms with Gasteiger partial charge in [-0.3, -0.25) is 0 Å². The Morgan fingerprint density at radius 2 is 1.87 bits per heavy atom. The van der Waals surface area contributed by atoms with Crippen LogP contribution in [0.5, 0.6) is 0 Å². The molecule has 3 aliphatic carbocycles. The Hall–Kier alpha value is -2.12. The lowest BCUT2D eigenvalue weighted by atomic mass is 9.42. The molecule has 0 bridgehead atoms. The number of fused-ring (bicyclic) bond motifs is 9. The number of aliphatic hydroxyl groups is 1. The number of nitrogens with one attached hydrogen (secondary N) is 1. The zero-order valence-corrected chi connectivity index (χ0v) is 23.3. The van der Waals surface area contributed by atoms with E-state index in [0.29, 0.717) is 12.3 Å². The molecule has 5 unspecified atom stereocenters. The van der Waals surface area contributed by atoms with Gasteiger partial charge < -0.3 is 29.0 Å². The van der Waals surface area contributed by atoms with E-state index < -0.39 is 28.5 Å². The first-order valence-corrected chi connectivity index (χ1v) is 14.3. The van der Waals surface area contributed by atoms with E-state index in [1.807, 2.05) is 19.9 Å². The molecule has 4 fully saturated rings. The van der Waals surface area contributed by atoms with Crippen molar-refractivity contribution in [3.63, 3.8) is 0 Å². The van der Waals surface area contributed by atoms with Crippen LogP contribution < -0.4 is 0 Å². The number of benzene rings is 1. The van der Waals surface area contributed by atoms with Crippen molar-refractivity contribution in [2.75, 3.05) is 0 Å². The Labute approximate surface area is 224 Å². The number of H-pyrrole nitrogens is 1.